The molecule has 158 valence electrons. The molecule has 0 aliphatic heterocycles. The van der Waals surface area contributed by atoms with Gasteiger partial charge in [-0.3, -0.25) is 4.79 Å². The van der Waals surface area contributed by atoms with Crippen LogP contribution in [0.1, 0.15) is 18.2 Å². The van der Waals surface area contributed by atoms with E-state index in [-0.39, 0.29) is 24.7 Å². The van der Waals surface area contributed by atoms with Crippen molar-refractivity contribution in [2.75, 3.05) is 19.7 Å². The Labute approximate surface area is 166 Å². The van der Waals surface area contributed by atoms with Crippen LogP contribution in [0.15, 0.2) is 52.1 Å². The van der Waals surface area contributed by atoms with Gasteiger partial charge in [-0.2, -0.15) is 13.2 Å². The Morgan fingerprint density at radius 1 is 1.14 bits per heavy atom. The number of amides is 1. The summed E-state index contributed by atoms with van der Waals surface area (Å²) in [5.74, 6) is 1.01. The number of halogens is 3. The first-order valence-electron chi connectivity index (χ1n) is 8.95. The van der Waals surface area contributed by atoms with Gasteiger partial charge in [-0.05, 0) is 36.8 Å². The van der Waals surface area contributed by atoms with Gasteiger partial charge >= 0.3 is 6.18 Å². The summed E-state index contributed by atoms with van der Waals surface area (Å²) in [4.78, 5) is 16.3. The minimum absolute atomic E-state index is 0.0246. The predicted octanol–water partition coefficient (Wildman–Crippen LogP) is 2.59. The topological polar surface area (TPSA) is 87.9 Å². The van der Waals surface area contributed by atoms with Crippen LogP contribution in [0, 0.1) is 0 Å². The Hall–Kier alpha value is -3.17. The lowest BCUT2D eigenvalue weighted by molar-refractivity contribution is -0.153. The summed E-state index contributed by atoms with van der Waals surface area (Å²) in [6.45, 7) is 1.76. The molecule has 1 aromatic heterocycles. The van der Waals surface area contributed by atoms with Gasteiger partial charge in [0.1, 0.15) is 11.5 Å². The Morgan fingerprint density at radius 2 is 1.90 bits per heavy atom. The minimum Gasteiger partial charge on any atom is -0.484 e. The lowest BCUT2D eigenvalue weighted by atomic mass is 10.2. The third-order valence-electron chi connectivity index (χ3n) is 3.55. The number of benzene rings is 1. The number of hydrogen-bond acceptors (Lipinski definition) is 4. The summed E-state index contributed by atoms with van der Waals surface area (Å²) in [7, 11) is 0. The van der Waals surface area contributed by atoms with Crippen LogP contribution in [-0.4, -0.2) is 37.7 Å². The molecule has 7 nitrogen and oxygen atoms in total. The first-order chi connectivity index (χ1) is 13.9. The second-order valence-corrected chi connectivity index (χ2v) is 5.95. The number of nitrogens with one attached hydrogen (secondary N) is 3. The van der Waals surface area contributed by atoms with Gasteiger partial charge in [-0.15, -0.1) is 0 Å². The van der Waals surface area contributed by atoms with E-state index in [0.29, 0.717) is 24.8 Å². The summed E-state index contributed by atoms with van der Waals surface area (Å²) in [6, 6.07) is 9.69. The predicted molar refractivity (Wildman–Crippen MR) is 101 cm³/mol. The standard InChI is InChI=1S/C19H23F3N4O3/c1-2-23-18(26-12-17(27)24-11-16-4-3-9-28-16)25-10-14-5-7-15(8-6-14)29-13-19(20,21)22/h3-9H,2,10-13H2,1H3,(H,24,27)(H2,23,25,26). The molecule has 1 amide bonds. The first kappa shape index (κ1) is 22.1. The van der Waals surface area contributed by atoms with Crippen molar-refractivity contribution >= 4 is 11.9 Å². The maximum atomic E-state index is 12.2. The van der Waals surface area contributed by atoms with Gasteiger partial charge in [0.05, 0.1) is 25.9 Å². The molecule has 0 spiro atoms. The summed E-state index contributed by atoms with van der Waals surface area (Å²) < 4.78 is 46.3. The molecule has 0 aliphatic rings. The number of guanidine groups is 1. The zero-order valence-corrected chi connectivity index (χ0v) is 15.9. The van der Waals surface area contributed by atoms with Gasteiger partial charge < -0.3 is 25.1 Å². The smallest absolute Gasteiger partial charge is 0.422 e. The van der Waals surface area contributed by atoms with Crippen molar-refractivity contribution in [1.29, 1.82) is 0 Å². The number of aliphatic imine (C=N–C) groups is 1. The summed E-state index contributed by atoms with van der Waals surface area (Å²) in [6.07, 6.45) is -2.84. The Morgan fingerprint density at radius 3 is 2.52 bits per heavy atom. The molecular weight excluding hydrogens is 389 g/mol. The molecule has 1 heterocycles. The van der Waals surface area contributed by atoms with Gasteiger partial charge in [0.15, 0.2) is 12.6 Å². The highest BCUT2D eigenvalue weighted by Crippen LogP contribution is 2.19. The zero-order chi connectivity index (χ0) is 21.1. The van der Waals surface area contributed by atoms with Crippen LogP contribution in [0.4, 0.5) is 13.2 Å². The molecule has 10 heteroatoms. The Kier molecular flexibility index (Phi) is 8.38. The second-order valence-electron chi connectivity index (χ2n) is 5.95. The largest absolute Gasteiger partial charge is 0.484 e. The van der Waals surface area contributed by atoms with Gasteiger partial charge in [-0.25, -0.2) is 4.99 Å². The van der Waals surface area contributed by atoms with Crippen LogP contribution in [0.25, 0.3) is 0 Å². The molecule has 2 aromatic rings. The van der Waals surface area contributed by atoms with Gasteiger partial charge in [0.25, 0.3) is 0 Å². The molecule has 3 N–H and O–H groups in total. The van der Waals surface area contributed by atoms with Gasteiger partial charge in [0.2, 0.25) is 5.91 Å². The lowest BCUT2D eigenvalue weighted by Crippen LogP contribution is -2.43. The van der Waals surface area contributed by atoms with Crippen molar-refractivity contribution in [3.8, 4) is 5.75 Å². The molecular formula is C19H23F3N4O3. The average molecular weight is 412 g/mol. The van der Waals surface area contributed by atoms with Crippen molar-refractivity contribution in [3.05, 3.63) is 54.0 Å². The van der Waals surface area contributed by atoms with E-state index in [1.165, 1.54) is 18.4 Å². The van der Waals surface area contributed by atoms with E-state index in [2.05, 4.69) is 25.7 Å². The Bertz CT molecular complexity index is 775. The fourth-order valence-electron chi connectivity index (χ4n) is 2.19. The molecule has 0 aliphatic carbocycles. The van der Waals surface area contributed by atoms with E-state index in [4.69, 9.17) is 4.42 Å². The van der Waals surface area contributed by atoms with Crippen LogP contribution in [0.3, 0.4) is 0 Å². The summed E-state index contributed by atoms with van der Waals surface area (Å²) in [5, 5.41) is 8.65. The highest BCUT2D eigenvalue weighted by molar-refractivity contribution is 5.86. The number of furan rings is 1. The molecule has 0 fully saturated rings. The first-order valence-corrected chi connectivity index (χ1v) is 8.95. The number of hydrogen-bond donors (Lipinski definition) is 3. The fourth-order valence-corrected chi connectivity index (χ4v) is 2.19. The molecule has 0 atom stereocenters. The maximum absolute atomic E-state index is 12.2. The fraction of sp³-hybridized carbons (Fsp3) is 0.368. The van der Waals surface area contributed by atoms with E-state index in [1.807, 2.05) is 6.92 Å². The van der Waals surface area contributed by atoms with E-state index in [0.717, 1.165) is 5.56 Å². The molecule has 29 heavy (non-hydrogen) atoms. The maximum Gasteiger partial charge on any atom is 0.422 e. The quantitative estimate of drug-likeness (QED) is 0.435. The van der Waals surface area contributed by atoms with Crippen LogP contribution >= 0.6 is 0 Å². The molecule has 0 saturated heterocycles. The zero-order valence-electron chi connectivity index (χ0n) is 15.9. The van der Waals surface area contributed by atoms with E-state index < -0.39 is 12.8 Å². The van der Waals surface area contributed by atoms with Crippen LogP contribution in [0.5, 0.6) is 5.75 Å². The Balaban J connectivity index is 1.80. The van der Waals surface area contributed by atoms with Gasteiger partial charge in [0, 0.05) is 6.54 Å². The second kappa shape index (κ2) is 11.0. The van der Waals surface area contributed by atoms with Crippen LogP contribution in [-0.2, 0) is 17.9 Å². The van der Waals surface area contributed by atoms with Crippen LogP contribution in [0.2, 0.25) is 0 Å². The van der Waals surface area contributed by atoms with Crippen molar-refractivity contribution in [1.82, 2.24) is 16.0 Å². The third-order valence-corrected chi connectivity index (χ3v) is 3.55. The normalized spacial score (nSPS) is 11.8. The van der Waals surface area contributed by atoms with Crippen molar-refractivity contribution in [3.63, 3.8) is 0 Å². The van der Waals surface area contributed by atoms with Crippen LogP contribution < -0.4 is 20.7 Å². The summed E-state index contributed by atoms with van der Waals surface area (Å²) in [5.41, 5.74) is 0.781. The molecule has 0 radical (unpaired) electrons. The number of ether oxygens (including phenoxy) is 1. The number of carbonyl (C=O) groups is 1. The molecule has 0 saturated carbocycles. The minimum atomic E-state index is -4.38. The van der Waals surface area contributed by atoms with E-state index in [9.17, 15) is 18.0 Å². The highest BCUT2D eigenvalue weighted by atomic mass is 19.4. The van der Waals surface area contributed by atoms with Crippen molar-refractivity contribution in [2.45, 2.75) is 26.2 Å². The SMILES string of the molecule is CCNC(=NCc1ccc(OCC(F)(F)F)cc1)NCC(=O)NCc1ccco1. The molecule has 1 aromatic carbocycles. The monoisotopic (exact) mass is 412 g/mol. The molecule has 2 rings (SSSR count). The molecule has 0 unspecified atom stereocenters. The van der Waals surface area contributed by atoms with Crippen molar-refractivity contribution in [2.24, 2.45) is 4.99 Å². The molecule has 0 bridgehead atoms. The number of nitrogens with zero attached hydrogens (tertiary/aromatic N) is 1. The number of alkyl halides is 3. The highest BCUT2D eigenvalue weighted by Gasteiger charge is 2.28. The number of carbonyl (C=O) groups excluding carboxylic acids is 1. The van der Waals surface area contributed by atoms with Crippen molar-refractivity contribution < 1.29 is 27.1 Å². The average Bonchev–Trinajstić information content (AvgIpc) is 3.21. The van der Waals surface area contributed by atoms with E-state index in [1.54, 1.807) is 24.3 Å². The lowest BCUT2D eigenvalue weighted by Gasteiger charge is -2.12. The van der Waals surface area contributed by atoms with Gasteiger partial charge in [-0.1, -0.05) is 12.1 Å². The van der Waals surface area contributed by atoms with E-state index >= 15 is 0 Å². The number of rotatable bonds is 9. The summed E-state index contributed by atoms with van der Waals surface area (Å²) >= 11 is 0. The third kappa shape index (κ3) is 9.04.